The number of esters is 2. The molecule has 0 aromatic carbocycles. The van der Waals surface area contributed by atoms with Crippen molar-refractivity contribution in [1.82, 2.24) is 4.90 Å². The Bertz CT molecular complexity index is 301. The Morgan fingerprint density at radius 3 is 2.42 bits per heavy atom. The monoisotopic (exact) mass is 294 g/mol. The minimum atomic E-state index is -0.617. The third-order valence-electron chi connectivity index (χ3n) is 3.01. The van der Waals surface area contributed by atoms with Gasteiger partial charge in [-0.2, -0.15) is 0 Å². The van der Waals surface area contributed by atoms with E-state index in [0.29, 0.717) is 26.2 Å². The lowest BCUT2D eigenvalue weighted by Crippen LogP contribution is -2.54. The lowest BCUT2D eigenvalue weighted by molar-refractivity contribution is -0.154. The van der Waals surface area contributed by atoms with E-state index in [-0.39, 0.29) is 30.4 Å². The first kappa shape index (κ1) is 18.1. The molecule has 1 aliphatic rings. The lowest BCUT2D eigenvalue weighted by atomic mass is 10.0. The molecule has 112 valence electrons. The Kier molecular flexibility index (Phi) is 8.71. The Balaban J connectivity index is 0.00000324. The fourth-order valence-corrected chi connectivity index (χ4v) is 1.89. The molecule has 0 unspecified atom stereocenters. The van der Waals surface area contributed by atoms with Crippen LogP contribution in [-0.4, -0.2) is 55.2 Å². The number of nitrogens with zero attached hydrogens (tertiary/aromatic N) is 1. The van der Waals surface area contributed by atoms with Crippen LogP contribution >= 0.6 is 12.4 Å². The van der Waals surface area contributed by atoms with Crippen LogP contribution in [0.15, 0.2) is 0 Å². The van der Waals surface area contributed by atoms with Gasteiger partial charge in [-0.05, 0) is 26.7 Å². The van der Waals surface area contributed by atoms with Crippen molar-refractivity contribution in [3.8, 4) is 0 Å². The molecule has 1 saturated heterocycles. The van der Waals surface area contributed by atoms with Crippen molar-refractivity contribution in [2.24, 2.45) is 5.73 Å². The molecule has 0 amide bonds. The molecule has 0 spiro atoms. The van der Waals surface area contributed by atoms with Crippen LogP contribution in [-0.2, 0) is 19.1 Å². The molecular formula is C12H23ClN2O4. The number of carbonyl (C=O) groups excluding carboxylic acids is 2. The SMILES string of the molecule is CCOC(=O)[C@@H](N)CCN1CC[C@H]1C(=O)OCC.Cl. The summed E-state index contributed by atoms with van der Waals surface area (Å²) in [5, 5.41) is 0. The molecular weight excluding hydrogens is 272 g/mol. The van der Waals surface area contributed by atoms with Gasteiger partial charge in [0.05, 0.1) is 13.2 Å². The van der Waals surface area contributed by atoms with E-state index in [9.17, 15) is 9.59 Å². The number of nitrogens with two attached hydrogens (primary N) is 1. The quantitative estimate of drug-likeness (QED) is 0.681. The van der Waals surface area contributed by atoms with Crippen LogP contribution < -0.4 is 5.73 Å². The van der Waals surface area contributed by atoms with E-state index in [1.165, 1.54) is 0 Å². The smallest absolute Gasteiger partial charge is 0.323 e. The summed E-state index contributed by atoms with van der Waals surface area (Å²) in [6.07, 6.45) is 1.31. The highest BCUT2D eigenvalue weighted by atomic mass is 35.5. The third-order valence-corrected chi connectivity index (χ3v) is 3.01. The van der Waals surface area contributed by atoms with E-state index < -0.39 is 6.04 Å². The highest BCUT2D eigenvalue weighted by molar-refractivity contribution is 5.85. The zero-order valence-electron chi connectivity index (χ0n) is 11.5. The average molecular weight is 295 g/mol. The second kappa shape index (κ2) is 9.12. The van der Waals surface area contributed by atoms with Gasteiger partial charge in [0.2, 0.25) is 0 Å². The fraction of sp³-hybridized carbons (Fsp3) is 0.833. The summed E-state index contributed by atoms with van der Waals surface area (Å²) in [6, 6.07) is -0.784. The molecule has 19 heavy (non-hydrogen) atoms. The first-order valence-electron chi connectivity index (χ1n) is 6.43. The summed E-state index contributed by atoms with van der Waals surface area (Å²) in [4.78, 5) is 24.8. The number of ether oxygens (including phenoxy) is 2. The lowest BCUT2D eigenvalue weighted by Gasteiger charge is -2.39. The maximum atomic E-state index is 11.5. The second-order valence-electron chi connectivity index (χ2n) is 4.24. The van der Waals surface area contributed by atoms with Crippen LogP contribution in [0.3, 0.4) is 0 Å². The summed E-state index contributed by atoms with van der Waals surface area (Å²) in [5.41, 5.74) is 5.69. The highest BCUT2D eigenvalue weighted by Crippen LogP contribution is 2.19. The van der Waals surface area contributed by atoms with Gasteiger partial charge in [-0.1, -0.05) is 0 Å². The van der Waals surface area contributed by atoms with Crippen LogP contribution in [0.4, 0.5) is 0 Å². The number of halogens is 1. The number of hydrogen-bond acceptors (Lipinski definition) is 6. The van der Waals surface area contributed by atoms with E-state index in [0.717, 1.165) is 13.0 Å². The maximum absolute atomic E-state index is 11.5. The molecule has 0 saturated carbocycles. The molecule has 2 atom stereocenters. The highest BCUT2D eigenvalue weighted by Gasteiger charge is 2.35. The molecule has 6 nitrogen and oxygen atoms in total. The maximum Gasteiger partial charge on any atom is 0.323 e. The summed E-state index contributed by atoms with van der Waals surface area (Å²) < 4.78 is 9.79. The predicted molar refractivity (Wildman–Crippen MR) is 73.1 cm³/mol. The van der Waals surface area contributed by atoms with Gasteiger partial charge < -0.3 is 15.2 Å². The van der Waals surface area contributed by atoms with Gasteiger partial charge in [0.25, 0.3) is 0 Å². The van der Waals surface area contributed by atoms with Crippen molar-refractivity contribution in [1.29, 1.82) is 0 Å². The Morgan fingerprint density at radius 1 is 1.32 bits per heavy atom. The number of carbonyl (C=O) groups is 2. The molecule has 0 radical (unpaired) electrons. The van der Waals surface area contributed by atoms with Gasteiger partial charge in [0.15, 0.2) is 0 Å². The van der Waals surface area contributed by atoms with E-state index in [4.69, 9.17) is 15.2 Å². The molecule has 1 fully saturated rings. The van der Waals surface area contributed by atoms with Crippen LogP contribution in [0.5, 0.6) is 0 Å². The van der Waals surface area contributed by atoms with E-state index in [2.05, 4.69) is 0 Å². The second-order valence-corrected chi connectivity index (χ2v) is 4.24. The Hall–Kier alpha value is -0.850. The zero-order chi connectivity index (χ0) is 13.5. The molecule has 1 rings (SSSR count). The molecule has 7 heteroatoms. The minimum Gasteiger partial charge on any atom is -0.465 e. The Morgan fingerprint density at radius 2 is 1.95 bits per heavy atom. The first-order chi connectivity index (χ1) is 8.60. The largest absolute Gasteiger partial charge is 0.465 e. The van der Waals surface area contributed by atoms with Crippen LogP contribution in [0, 0.1) is 0 Å². The van der Waals surface area contributed by atoms with Gasteiger partial charge in [-0.25, -0.2) is 0 Å². The van der Waals surface area contributed by atoms with Gasteiger partial charge in [0, 0.05) is 13.1 Å². The Labute approximate surface area is 120 Å². The molecule has 0 aromatic heterocycles. The number of likely N-dealkylation sites (tertiary alicyclic amines) is 1. The standard InChI is InChI=1S/C12H22N2O4.ClH/c1-3-17-11(15)9(13)5-7-14-8-6-10(14)12(16)18-4-2;/h9-10H,3-8,13H2,1-2H3;1H/t9-,10-;/m0./s1. The van der Waals surface area contributed by atoms with Gasteiger partial charge in [0.1, 0.15) is 12.1 Å². The van der Waals surface area contributed by atoms with E-state index in [1.807, 2.05) is 4.90 Å². The predicted octanol–water partition coefficient (Wildman–Crippen LogP) is 0.326. The number of rotatable bonds is 7. The van der Waals surface area contributed by atoms with Crippen LogP contribution in [0.2, 0.25) is 0 Å². The zero-order valence-corrected chi connectivity index (χ0v) is 12.3. The van der Waals surface area contributed by atoms with Gasteiger partial charge >= 0.3 is 11.9 Å². The van der Waals surface area contributed by atoms with Crippen molar-refractivity contribution < 1.29 is 19.1 Å². The normalized spacial score (nSPS) is 19.8. The third kappa shape index (κ3) is 5.34. The summed E-state index contributed by atoms with van der Waals surface area (Å²) >= 11 is 0. The molecule has 1 aliphatic heterocycles. The fourth-order valence-electron chi connectivity index (χ4n) is 1.89. The average Bonchev–Trinajstić information content (AvgIpc) is 2.28. The summed E-state index contributed by atoms with van der Waals surface area (Å²) in [6.45, 7) is 5.73. The molecule has 0 aromatic rings. The van der Waals surface area contributed by atoms with Crippen LogP contribution in [0.25, 0.3) is 0 Å². The topological polar surface area (TPSA) is 81.9 Å². The van der Waals surface area contributed by atoms with Crippen molar-refractivity contribution >= 4 is 24.3 Å². The van der Waals surface area contributed by atoms with Crippen molar-refractivity contribution in [2.45, 2.75) is 38.8 Å². The first-order valence-corrected chi connectivity index (χ1v) is 6.43. The van der Waals surface area contributed by atoms with Gasteiger partial charge in [-0.15, -0.1) is 12.4 Å². The van der Waals surface area contributed by atoms with Gasteiger partial charge in [-0.3, -0.25) is 14.5 Å². The summed E-state index contributed by atoms with van der Waals surface area (Å²) in [7, 11) is 0. The molecule has 0 aliphatic carbocycles. The van der Waals surface area contributed by atoms with Crippen molar-refractivity contribution in [3.05, 3.63) is 0 Å². The summed E-state index contributed by atoms with van der Waals surface area (Å²) in [5.74, 6) is -0.570. The molecule has 1 heterocycles. The minimum absolute atomic E-state index is 0. The molecule has 2 N–H and O–H groups in total. The van der Waals surface area contributed by atoms with Crippen LogP contribution in [0.1, 0.15) is 26.7 Å². The van der Waals surface area contributed by atoms with Crippen molar-refractivity contribution in [3.63, 3.8) is 0 Å². The van der Waals surface area contributed by atoms with E-state index in [1.54, 1.807) is 13.8 Å². The number of hydrogen-bond donors (Lipinski definition) is 1. The molecule has 0 bridgehead atoms. The van der Waals surface area contributed by atoms with E-state index >= 15 is 0 Å². The van der Waals surface area contributed by atoms with Crippen molar-refractivity contribution in [2.75, 3.05) is 26.3 Å².